The van der Waals surface area contributed by atoms with Gasteiger partial charge in [-0.05, 0) is 45.7 Å². The fourth-order valence-corrected chi connectivity index (χ4v) is 2.58. The molecule has 1 fully saturated rings. The SMILES string of the molecule is CC(C)(C)NC(=O)C(=O)[C@@H]1CCCN1C(=O)c1ccccc1. The van der Waals surface area contributed by atoms with Crippen molar-refractivity contribution in [2.75, 3.05) is 6.54 Å². The van der Waals surface area contributed by atoms with Gasteiger partial charge in [-0.25, -0.2) is 0 Å². The second kappa shape index (κ2) is 6.30. The number of amides is 2. The number of ketones is 1. The van der Waals surface area contributed by atoms with Crippen molar-refractivity contribution in [3.05, 3.63) is 35.9 Å². The van der Waals surface area contributed by atoms with Crippen molar-refractivity contribution in [3.8, 4) is 0 Å². The molecule has 0 unspecified atom stereocenters. The van der Waals surface area contributed by atoms with Gasteiger partial charge in [0.2, 0.25) is 5.78 Å². The number of nitrogens with zero attached hydrogens (tertiary/aromatic N) is 1. The van der Waals surface area contributed by atoms with Gasteiger partial charge in [-0.3, -0.25) is 14.4 Å². The predicted molar refractivity (Wildman–Crippen MR) is 83.4 cm³/mol. The average Bonchev–Trinajstić information content (AvgIpc) is 2.94. The molecule has 1 heterocycles. The van der Waals surface area contributed by atoms with Gasteiger partial charge in [0, 0.05) is 17.6 Å². The van der Waals surface area contributed by atoms with Gasteiger partial charge >= 0.3 is 0 Å². The second-order valence-corrected chi connectivity index (χ2v) is 6.59. The van der Waals surface area contributed by atoms with E-state index < -0.39 is 23.3 Å². The number of hydrogen-bond donors (Lipinski definition) is 1. The molecule has 2 rings (SSSR count). The van der Waals surface area contributed by atoms with Crippen LogP contribution in [0.2, 0.25) is 0 Å². The lowest BCUT2D eigenvalue weighted by molar-refractivity contribution is -0.140. The van der Waals surface area contributed by atoms with E-state index in [1.54, 1.807) is 24.3 Å². The van der Waals surface area contributed by atoms with Crippen LogP contribution >= 0.6 is 0 Å². The normalized spacial score (nSPS) is 18.1. The number of rotatable bonds is 3. The summed E-state index contributed by atoms with van der Waals surface area (Å²) in [6.07, 6.45) is 1.27. The van der Waals surface area contributed by atoms with E-state index in [1.165, 1.54) is 4.90 Å². The third-order valence-corrected chi connectivity index (χ3v) is 3.55. The van der Waals surface area contributed by atoms with Crippen LogP contribution in [0, 0.1) is 0 Å². The molecule has 22 heavy (non-hydrogen) atoms. The smallest absolute Gasteiger partial charge is 0.290 e. The molecule has 118 valence electrons. The molecule has 2 amide bonds. The molecule has 0 aromatic heterocycles. The lowest BCUT2D eigenvalue weighted by Gasteiger charge is -2.25. The summed E-state index contributed by atoms with van der Waals surface area (Å²) >= 11 is 0. The molecule has 5 nitrogen and oxygen atoms in total. The quantitative estimate of drug-likeness (QED) is 0.865. The molecule has 1 saturated heterocycles. The minimum Gasteiger partial charge on any atom is -0.345 e. The highest BCUT2D eigenvalue weighted by molar-refractivity contribution is 6.38. The Morgan fingerprint density at radius 1 is 1.14 bits per heavy atom. The van der Waals surface area contributed by atoms with E-state index in [9.17, 15) is 14.4 Å². The third kappa shape index (κ3) is 3.72. The Labute approximate surface area is 130 Å². The minimum absolute atomic E-state index is 0.194. The summed E-state index contributed by atoms with van der Waals surface area (Å²) < 4.78 is 0. The fourth-order valence-electron chi connectivity index (χ4n) is 2.58. The van der Waals surface area contributed by atoms with Crippen LogP contribution in [-0.2, 0) is 9.59 Å². The van der Waals surface area contributed by atoms with E-state index in [0.29, 0.717) is 18.5 Å². The molecule has 1 aliphatic rings. The van der Waals surface area contributed by atoms with Crippen molar-refractivity contribution in [3.63, 3.8) is 0 Å². The maximum atomic E-state index is 12.5. The molecule has 5 heteroatoms. The molecule has 0 radical (unpaired) electrons. The highest BCUT2D eigenvalue weighted by Crippen LogP contribution is 2.21. The zero-order valence-corrected chi connectivity index (χ0v) is 13.3. The lowest BCUT2D eigenvalue weighted by Crippen LogP contribution is -2.51. The number of carbonyl (C=O) groups is 3. The first-order valence-electron chi connectivity index (χ1n) is 7.52. The van der Waals surface area contributed by atoms with Crippen molar-refractivity contribution < 1.29 is 14.4 Å². The Balaban J connectivity index is 2.12. The van der Waals surface area contributed by atoms with E-state index >= 15 is 0 Å². The van der Waals surface area contributed by atoms with Gasteiger partial charge in [-0.15, -0.1) is 0 Å². The van der Waals surface area contributed by atoms with Gasteiger partial charge in [-0.2, -0.15) is 0 Å². The van der Waals surface area contributed by atoms with Gasteiger partial charge in [0.25, 0.3) is 11.8 Å². The van der Waals surface area contributed by atoms with Crippen LogP contribution in [0.15, 0.2) is 30.3 Å². The van der Waals surface area contributed by atoms with Crippen molar-refractivity contribution >= 4 is 17.6 Å². The van der Waals surface area contributed by atoms with E-state index in [0.717, 1.165) is 6.42 Å². The van der Waals surface area contributed by atoms with Gasteiger partial charge < -0.3 is 10.2 Å². The first kappa shape index (κ1) is 16.2. The molecular weight excluding hydrogens is 280 g/mol. The summed E-state index contributed by atoms with van der Waals surface area (Å²) in [4.78, 5) is 38.4. The van der Waals surface area contributed by atoms with Crippen LogP contribution in [0.5, 0.6) is 0 Å². The molecule has 0 bridgehead atoms. The molecule has 1 N–H and O–H groups in total. The number of likely N-dealkylation sites (tertiary alicyclic amines) is 1. The molecule has 1 aliphatic heterocycles. The zero-order valence-electron chi connectivity index (χ0n) is 13.3. The summed E-state index contributed by atoms with van der Waals surface area (Å²) in [7, 11) is 0. The van der Waals surface area contributed by atoms with Gasteiger partial charge in [0.15, 0.2) is 0 Å². The van der Waals surface area contributed by atoms with Gasteiger partial charge in [0.1, 0.15) is 6.04 Å². The Hall–Kier alpha value is -2.17. The Morgan fingerprint density at radius 2 is 1.77 bits per heavy atom. The van der Waals surface area contributed by atoms with Crippen molar-refractivity contribution in [1.82, 2.24) is 10.2 Å². The molecule has 0 aliphatic carbocycles. The maximum Gasteiger partial charge on any atom is 0.290 e. The summed E-state index contributed by atoms with van der Waals surface area (Å²) in [6.45, 7) is 5.96. The lowest BCUT2D eigenvalue weighted by atomic mass is 10.1. The number of benzene rings is 1. The number of carbonyl (C=O) groups excluding carboxylic acids is 3. The standard InChI is InChI=1S/C17H22N2O3/c1-17(2,3)18-15(21)14(20)13-10-7-11-19(13)16(22)12-8-5-4-6-9-12/h4-6,8-9,13H,7,10-11H2,1-3H3,(H,18,21)/t13-/m0/s1. The first-order valence-corrected chi connectivity index (χ1v) is 7.52. The Morgan fingerprint density at radius 3 is 2.36 bits per heavy atom. The van der Waals surface area contributed by atoms with E-state index in [4.69, 9.17) is 0 Å². The largest absolute Gasteiger partial charge is 0.345 e. The van der Waals surface area contributed by atoms with Crippen LogP contribution in [0.3, 0.4) is 0 Å². The monoisotopic (exact) mass is 302 g/mol. The number of hydrogen-bond acceptors (Lipinski definition) is 3. The van der Waals surface area contributed by atoms with Gasteiger partial charge in [-0.1, -0.05) is 18.2 Å². The molecular formula is C17H22N2O3. The van der Waals surface area contributed by atoms with Crippen LogP contribution in [0.25, 0.3) is 0 Å². The van der Waals surface area contributed by atoms with Gasteiger partial charge in [0.05, 0.1) is 0 Å². The Bertz CT molecular complexity index is 575. The zero-order chi connectivity index (χ0) is 16.3. The molecule has 1 aromatic carbocycles. The summed E-state index contributed by atoms with van der Waals surface area (Å²) in [5, 5.41) is 2.67. The van der Waals surface area contributed by atoms with Crippen LogP contribution < -0.4 is 5.32 Å². The highest BCUT2D eigenvalue weighted by atomic mass is 16.2. The molecule has 1 aromatic rings. The topological polar surface area (TPSA) is 66.5 Å². The Kier molecular flexibility index (Phi) is 4.64. The third-order valence-electron chi connectivity index (χ3n) is 3.55. The first-order chi connectivity index (χ1) is 10.3. The summed E-state index contributed by atoms with van der Waals surface area (Å²) in [6, 6.07) is 8.18. The van der Waals surface area contributed by atoms with Crippen molar-refractivity contribution in [2.24, 2.45) is 0 Å². The highest BCUT2D eigenvalue weighted by Gasteiger charge is 2.38. The van der Waals surface area contributed by atoms with Crippen LogP contribution in [0.1, 0.15) is 44.0 Å². The molecule has 0 spiro atoms. The average molecular weight is 302 g/mol. The van der Waals surface area contributed by atoms with Crippen molar-refractivity contribution in [1.29, 1.82) is 0 Å². The van der Waals surface area contributed by atoms with Crippen LogP contribution in [-0.4, -0.2) is 40.6 Å². The fraction of sp³-hybridized carbons (Fsp3) is 0.471. The van der Waals surface area contributed by atoms with E-state index in [1.807, 2.05) is 26.8 Å². The summed E-state index contributed by atoms with van der Waals surface area (Å²) in [5.74, 6) is -1.35. The summed E-state index contributed by atoms with van der Waals surface area (Å²) in [5.41, 5.74) is 0.0676. The molecule has 0 saturated carbocycles. The minimum atomic E-state index is -0.657. The second-order valence-electron chi connectivity index (χ2n) is 6.59. The predicted octanol–water partition coefficient (Wildman–Crippen LogP) is 1.77. The number of Topliss-reactive ketones (excluding diaryl/α,β-unsaturated/α-hetero) is 1. The maximum absolute atomic E-state index is 12.5. The number of nitrogens with one attached hydrogen (secondary N) is 1. The molecule has 1 atom stereocenters. The van der Waals surface area contributed by atoms with Crippen LogP contribution in [0.4, 0.5) is 0 Å². The van der Waals surface area contributed by atoms with E-state index in [2.05, 4.69) is 5.32 Å². The van der Waals surface area contributed by atoms with E-state index in [-0.39, 0.29) is 5.91 Å². The van der Waals surface area contributed by atoms with Crippen molar-refractivity contribution in [2.45, 2.75) is 45.2 Å².